The van der Waals surface area contributed by atoms with E-state index in [1.54, 1.807) is 22.7 Å². The molecule has 148 valence electrons. The zero-order valence-corrected chi connectivity index (χ0v) is 17.2. The van der Waals surface area contributed by atoms with Gasteiger partial charge in [0, 0.05) is 39.3 Å². The Balaban J connectivity index is 1.21. The SMILES string of the molecule is OC(CCN1CCOC(c2ccsc2)C1)CN1CCOC(c2ccsc2)C1. The first-order chi connectivity index (χ1) is 13.3. The van der Waals surface area contributed by atoms with Crippen LogP contribution in [0.2, 0.25) is 0 Å². The van der Waals surface area contributed by atoms with Crippen LogP contribution < -0.4 is 0 Å². The van der Waals surface area contributed by atoms with Crippen LogP contribution in [0.15, 0.2) is 33.7 Å². The van der Waals surface area contributed by atoms with Gasteiger partial charge in [0.25, 0.3) is 0 Å². The minimum atomic E-state index is -0.298. The number of hydrogen-bond donors (Lipinski definition) is 1. The number of aliphatic hydroxyl groups is 1. The zero-order chi connectivity index (χ0) is 18.5. The lowest BCUT2D eigenvalue weighted by Crippen LogP contribution is -2.44. The zero-order valence-electron chi connectivity index (χ0n) is 15.5. The van der Waals surface area contributed by atoms with Crippen LogP contribution >= 0.6 is 22.7 Å². The van der Waals surface area contributed by atoms with Crippen LogP contribution in [0.1, 0.15) is 29.8 Å². The largest absolute Gasteiger partial charge is 0.392 e. The molecule has 4 heterocycles. The van der Waals surface area contributed by atoms with Crippen LogP contribution in [-0.2, 0) is 9.47 Å². The van der Waals surface area contributed by atoms with Crippen molar-refractivity contribution in [3.8, 4) is 0 Å². The topological polar surface area (TPSA) is 45.2 Å². The summed E-state index contributed by atoms with van der Waals surface area (Å²) in [6, 6.07) is 4.29. The lowest BCUT2D eigenvalue weighted by atomic mass is 10.1. The summed E-state index contributed by atoms with van der Waals surface area (Å²) in [4.78, 5) is 4.76. The Morgan fingerprint density at radius 3 is 2.15 bits per heavy atom. The minimum absolute atomic E-state index is 0.141. The van der Waals surface area contributed by atoms with Gasteiger partial charge in [-0.1, -0.05) is 0 Å². The van der Waals surface area contributed by atoms with Gasteiger partial charge in [0.2, 0.25) is 0 Å². The van der Waals surface area contributed by atoms with Crippen molar-refractivity contribution >= 4 is 22.7 Å². The maximum absolute atomic E-state index is 10.6. The molecule has 5 nitrogen and oxygen atoms in total. The van der Waals surface area contributed by atoms with E-state index in [1.165, 1.54) is 11.1 Å². The summed E-state index contributed by atoms with van der Waals surface area (Å²) in [5.41, 5.74) is 2.53. The highest BCUT2D eigenvalue weighted by Crippen LogP contribution is 2.25. The number of aliphatic hydroxyl groups excluding tert-OH is 1. The summed E-state index contributed by atoms with van der Waals surface area (Å²) in [5, 5.41) is 19.1. The number of morpholine rings is 2. The lowest BCUT2D eigenvalue weighted by Gasteiger charge is -2.35. The Bertz CT molecular complexity index is 665. The van der Waals surface area contributed by atoms with E-state index in [2.05, 4.69) is 43.5 Å². The van der Waals surface area contributed by atoms with Crippen LogP contribution in [0.3, 0.4) is 0 Å². The van der Waals surface area contributed by atoms with E-state index in [9.17, 15) is 5.11 Å². The van der Waals surface area contributed by atoms with Crippen molar-refractivity contribution in [3.05, 3.63) is 44.8 Å². The third-order valence-corrected chi connectivity index (χ3v) is 6.78. The number of hydrogen-bond acceptors (Lipinski definition) is 7. The number of ether oxygens (including phenoxy) is 2. The van der Waals surface area contributed by atoms with Gasteiger partial charge in [-0.15, -0.1) is 0 Å². The summed E-state index contributed by atoms with van der Waals surface area (Å²) in [6.07, 6.45) is 0.820. The molecule has 0 amide bonds. The molecule has 2 saturated heterocycles. The second-order valence-corrected chi connectivity index (χ2v) is 8.89. The molecule has 0 saturated carbocycles. The molecule has 1 N–H and O–H groups in total. The minimum Gasteiger partial charge on any atom is -0.392 e. The number of β-amino-alcohol motifs (C(OH)–C–C–N with tert-alkyl or cyclic N) is 1. The highest BCUT2D eigenvalue weighted by molar-refractivity contribution is 7.08. The van der Waals surface area contributed by atoms with Gasteiger partial charge in [-0.2, -0.15) is 22.7 Å². The number of thiophene rings is 2. The van der Waals surface area contributed by atoms with Gasteiger partial charge in [0.1, 0.15) is 0 Å². The van der Waals surface area contributed by atoms with Gasteiger partial charge in [-0.3, -0.25) is 9.80 Å². The molecular formula is C20H28N2O3S2. The molecule has 2 aromatic rings. The predicted octanol–water partition coefficient (Wildman–Crippen LogP) is 3.01. The van der Waals surface area contributed by atoms with Gasteiger partial charge < -0.3 is 14.6 Å². The van der Waals surface area contributed by atoms with Gasteiger partial charge in [0.15, 0.2) is 0 Å². The molecule has 0 aliphatic carbocycles. The average Bonchev–Trinajstić information content (AvgIpc) is 3.41. The van der Waals surface area contributed by atoms with E-state index in [4.69, 9.17) is 9.47 Å². The van der Waals surface area contributed by atoms with Crippen molar-refractivity contribution in [2.24, 2.45) is 0 Å². The Hall–Kier alpha value is -0.800. The van der Waals surface area contributed by atoms with E-state index >= 15 is 0 Å². The van der Waals surface area contributed by atoms with Crippen molar-refractivity contribution in [2.45, 2.75) is 24.7 Å². The summed E-state index contributed by atoms with van der Waals surface area (Å²) in [5.74, 6) is 0. The quantitative estimate of drug-likeness (QED) is 0.763. The summed E-state index contributed by atoms with van der Waals surface area (Å²) >= 11 is 3.43. The maximum Gasteiger partial charge on any atom is 0.0960 e. The molecule has 0 aromatic carbocycles. The molecule has 4 rings (SSSR count). The molecule has 2 aromatic heterocycles. The maximum atomic E-state index is 10.6. The van der Waals surface area contributed by atoms with Crippen LogP contribution in [0.5, 0.6) is 0 Å². The van der Waals surface area contributed by atoms with E-state index in [1.807, 2.05) is 0 Å². The van der Waals surface area contributed by atoms with Crippen LogP contribution in [0.4, 0.5) is 0 Å². The van der Waals surface area contributed by atoms with Crippen molar-refractivity contribution < 1.29 is 14.6 Å². The van der Waals surface area contributed by atoms with E-state index in [0.29, 0.717) is 0 Å². The predicted molar refractivity (Wildman–Crippen MR) is 110 cm³/mol. The molecule has 3 unspecified atom stereocenters. The van der Waals surface area contributed by atoms with Crippen molar-refractivity contribution in [2.75, 3.05) is 52.5 Å². The summed E-state index contributed by atoms with van der Waals surface area (Å²) < 4.78 is 11.8. The monoisotopic (exact) mass is 408 g/mol. The molecule has 2 aliphatic heterocycles. The van der Waals surface area contributed by atoms with Crippen LogP contribution in [-0.4, -0.2) is 73.5 Å². The second-order valence-electron chi connectivity index (χ2n) is 7.33. The summed E-state index contributed by atoms with van der Waals surface area (Å²) in [7, 11) is 0. The molecule has 7 heteroatoms. The normalized spacial score (nSPS) is 26.3. The fourth-order valence-corrected chi connectivity index (χ4v) is 5.22. The molecule has 2 aliphatic rings. The molecule has 3 atom stereocenters. The van der Waals surface area contributed by atoms with Gasteiger partial charge in [0.05, 0.1) is 31.5 Å². The Kier molecular flexibility index (Phi) is 6.94. The Morgan fingerprint density at radius 2 is 1.56 bits per heavy atom. The van der Waals surface area contributed by atoms with E-state index in [-0.39, 0.29) is 18.3 Å². The Morgan fingerprint density at radius 1 is 0.963 bits per heavy atom. The molecule has 0 spiro atoms. The van der Waals surface area contributed by atoms with Gasteiger partial charge in [-0.25, -0.2) is 0 Å². The first kappa shape index (κ1) is 19.5. The Labute approximate surface area is 169 Å². The highest BCUT2D eigenvalue weighted by atomic mass is 32.1. The van der Waals surface area contributed by atoms with Crippen LogP contribution in [0.25, 0.3) is 0 Å². The first-order valence-electron chi connectivity index (χ1n) is 9.68. The van der Waals surface area contributed by atoms with Gasteiger partial charge in [-0.05, 0) is 51.2 Å². The molecule has 2 fully saturated rings. The first-order valence-corrected chi connectivity index (χ1v) is 11.6. The second kappa shape index (κ2) is 9.60. The molecule has 27 heavy (non-hydrogen) atoms. The molecular weight excluding hydrogens is 380 g/mol. The fourth-order valence-electron chi connectivity index (χ4n) is 3.81. The third kappa shape index (κ3) is 5.38. The fraction of sp³-hybridized carbons (Fsp3) is 0.600. The van der Waals surface area contributed by atoms with E-state index < -0.39 is 0 Å². The third-order valence-electron chi connectivity index (χ3n) is 5.38. The van der Waals surface area contributed by atoms with Gasteiger partial charge >= 0.3 is 0 Å². The number of nitrogens with zero attached hydrogens (tertiary/aromatic N) is 2. The highest BCUT2D eigenvalue weighted by Gasteiger charge is 2.25. The number of rotatable bonds is 7. The summed E-state index contributed by atoms with van der Waals surface area (Å²) in [6.45, 7) is 6.78. The average molecular weight is 409 g/mol. The van der Waals surface area contributed by atoms with Crippen LogP contribution in [0, 0.1) is 0 Å². The van der Waals surface area contributed by atoms with Crippen molar-refractivity contribution in [3.63, 3.8) is 0 Å². The molecule has 0 bridgehead atoms. The smallest absolute Gasteiger partial charge is 0.0960 e. The van der Waals surface area contributed by atoms with Crippen molar-refractivity contribution in [1.29, 1.82) is 0 Å². The van der Waals surface area contributed by atoms with E-state index in [0.717, 1.165) is 58.9 Å². The standard InChI is InChI=1S/C20H28N2O3S2/c23-18(11-22-6-8-25-20(13-22)17-3-10-27-15-17)1-4-21-5-7-24-19(12-21)16-2-9-26-14-16/h2-3,9-10,14-15,18-20,23H,1,4-8,11-13H2. The van der Waals surface area contributed by atoms with Crippen molar-refractivity contribution in [1.82, 2.24) is 9.80 Å². The lowest BCUT2D eigenvalue weighted by molar-refractivity contribution is -0.0485. The molecule has 0 radical (unpaired) electrons.